The van der Waals surface area contributed by atoms with Crippen molar-refractivity contribution in [3.8, 4) is 6.07 Å². The third-order valence-electron chi connectivity index (χ3n) is 4.19. The molecule has 0 aliphatic rings. The van der Waals surface area contributed by atoms with Crippen molar-refractivity contribution in [3.05, 3.63) is 29.3 Å². The summed E-state index contributed by atoms with van der Waals surface area (Å²) in [6.07, 6.45) is -0.738. The number of amides is 3. The van der Waals surface area contributed by atoms with E-state index in [4.69, 9.17) is 4.74 Å². The third kappa shape index (κ3) is 7.91. The first kappa shape index (κ1) is 26.4. The lowest BCUT2D eigenvalue weighted by atomic mass is 10.0. The van der Waals surface area contributed by atoms with Crippen LogP contribution in [0.5, 0.6) is 0 Å². The van der Waals surface area contributed by atoms with Gasteiger partial charge in [0.1, 0.15) is 23.8 Å². The molecule has 10 nitrogen and oxygen atoms in total. The lowest BCUT2D eigenvalue weighted by molar-refractivity contribution is -0.128. The van der Waals surface area contributed by atoms with E-state index in [0.29, 0.717) is 0 Å². The minimum Gasteiger partial charge on any atom is -0.465 e. The molecule has 0 saturated carbocycles. The van der Waals surface area contributed by atoms with E-state index in [0.717, 1.165) is 0 Å². The van der Waals surface area contributed by atoms with Crippen molar-refractivity contribution in [1.82, 2.24) is 10.6 Å². The molecule has 1 rings (SSSR count). The number of carbonyl (C=O) groups excluding carboxylic acids is 4. The molecule has 1 aromatic rings. The smallest absolute Gasteiger partial charge is 0.408 e. The highest BCUT2D eigenvalue weighted by Gasteiger charge is 2.29. The van der Waals surface area contributed by atoms with Crippen molar-refractivity contribution in [2.45, 2.75) is 59.2 Å². The number of carbonyl (C=O) groups is 4. The second kappa shape index (κ2) is 11.1. The maximum Gasteiger partial charge on any atom is 0.408 e. The van der Waals surface area contributed by atoms with Crippen LogP contribution in [0.25, 0.3) is 0 Å². The molecule has 2 atom stereocenters. The summed E-state index contributed by atoms with van der Waals surface area (Å²) < 4.78 is 9.80. The predicted octanol–water partition coefficient (Wildman–Crippen LogP) is 2.34. The fraction of sp³-hybridized carbons (Fsp3) is 0.500. The van der Waals surface area contributed by atoms with Crippen LogP contribution in [-0.4, -0.2) is 48.7 Å². The summed E-state index contributed by atoms with van der Waals surface area (Å²) in [6.45, 7) is 10.1. The molecule has 0 saturated heterocycles. The number of rotatable bonds is 7. The van der Waals surface area contributed by atoms with E-state index >= 15 is 0 Å². The molecule has 0 fully saturated rings. The molecule has 3 N–H and O–H groups in total. The number of nitrogens with one attached hydrogen (secondary N) is 3. The first-order valence-corrected chi connectivity index (χ1v) is 10.0. The number of anilines is 1. The van der Waals surface area contributed by atoms with Gasteiger partial charge in [-0.25, -0.2) is 9.59 Å². The summed E-state index contributed by atoms with van der Waals surface area (Å²) in [5.41, 5.74) is -0.344. The summed E-state index contributed by atoms with van der Waals surface area (Å²) in [5.74, 6) is -2.03. The maximum absolute atomic E-state index is 12.7. The number of alkyl carbamates (subject to hydrolysis) is 1. The van der Waals surface area contributed by atoms with Crippen molar-refractivity contribution < 1.29 is 28.7 Å². The normalized spacial score (nSPS) is 12.7. The predicted molar refractivity (Wildman–Crippen MR) is 117 cm³/mol. The largest absolute Gasteiger partial charge is 0.465 e. The van der Waals surface area contributed by atoms with Gasteiger partial charge in [0, 0.05) is 5.69 Å². The number of nitrogens with zero attached hydrogens (tertiary/aromatic N) is 1. The molecule has 0 unspecified atom stereocenters. The molecular weight excluding hydrogens is 416 g/mol. The topological polar surface area (TPSA) is 147 Å². The quantitative estimate of drug-likeness (QED) is 0.545. The zero-order valence-corrected chi connectivity index (χ0v) is 19.4. The summed E-state index contributed by atoms with van der Waals surface area (Å²) in [6, 6.07) is 4.15. The van der Waals surface area contributed by atoms with Gasteiger partial charge in [-0.1, -0.05) is 13.8 Å². The van der Waals surface area contributed by atoms with Gasteiger partial charge in [-0.2, -0.15) is 5.26 Å². The van der Waals surface area contributed by atoms with Gasteiger partial charge in [0.05, 0.1) is 18.2 Å². The van der Waals surface area contributed by atoms with Crippen molar-refractivity contribution in [2.24, 2.45) is 5.92 Å². The van der Waals surface area contributed by atoms with Gasteiger partial charge in [0.15, 0.2) is 0 Å². The fourth-order valence-electron chi connectivity index (χ4n) is 2.59. The first-order valence-electron chi connectivity index (χ1n) is 10.0. The molecule has 0 heterocycles. The average molecular weight is 447 g/mol. The van der Waals surface area contributed by atoms with Gasteiger partial charge in [0.25, 0.3) is 0 Å². The van der Waals surface area contributed by atoms with Crippen LogP contribution in [0.3, 0.4) is 0 Å². The highest BCUT2D eigenvalue weighted by Crippen LogP contribution is 2.17. The monoisotopic (exact) mass is 446 g/mol. The van der Waals surface area contributed by atoms with Crippen LogP contribution in [0.1, 0.15) is 57.5 Å². The molecule has 0 aromatic heterocycles. The van der Waals surface area contributed by atoms with Gasteiger partial charge in [-0.15, -0.1) is 0 Å². The van der Waals surface area contributed by atoms with E-state index in [2.05, 4.69) is 20.7 Å². The minimum atomic E-state index is -0.949. The Hall–Kier alpha value is -3.61. The fourth-order valence-corrected chi connectivity index (χ4v) is 2.59. The number of esters is 1. The van der Waals surface area contributed by atoms with Crippen molar-refractivity contribution >= 4 is 29.6 Å². The number of hydrogen-bond acceptors (Lipinski definition) is 7. The van der Waals surface area contributed by atoms with Gasteiger partial charge < -0.3 is 25.4 Å². The van der Waals surface area contributed by atoms with Gasteiger partial charge in [0.2, 0.25) is 11.8 Å². The van der Waals surface area contributed by atoms with E-state index in [1.165, 1.54) is 32.2 Å². The summed E-state index contributed by atoms with van der Waals surface area (Å²) in [4.78, 5) is 48.9. The van der Waals surface area contributed by atoms with Crippen LogP contribution in [0.15, 0.2) is 18.2 Å². The Labute approximate surface area is 187 Å². The van der Waals surface area contributed by atoms with E-state index in [1.807, 2.05) is 6.07 Å². The minimum absolute atomic E-state index is 0.0350. The highest BCUT2D eigenvalue weighted by atomic mass is 16.6. The van der Waals surface area contributed by atoms with E-state index in [9.17, 15) is 24.4 Å². The second-order valence-corrected chi connectivity index (χ2v) is 8.45. The molecule has 0 spiro atoms. The van der Waals surface area contributed by atoms with E-state index in [1.54, 1.807) is 34.6 Å². The molecular formula is C22H30N4O6. The number of benzene rings is 1. The molecule has 0 radical (unpaired) electrons. The second-order valence-electron chi connectivity index (χ2n) is 8.45. The van der Waals surface area contributed by atoms with Crippen molar-refractivity contribution in [2.75, 3.05) is 12.4 Å². The number of hydrogen-bond donors (Lipinski definition) is 3. The molecule has 0 bridgehead atoms. The van der Waals surface area contributed by atoms with Crippen LogP contribution < -0.4 is 16.0 Å². The molecule has 10 heteroatoms. The number of methoxy groups -OCH3 is 1. The Morgan fingerprint density at radius 2 is 1.66 bits per heavy atom. The molecule has 0 aliphatic carbocycles. The average Bonchev–Trinajstić information content (AvgIpc) is 2.69. The zero-order valence-electron chi connectivity index (χ0n) is 19.4. The lowest BCUT2D eigenvalue weighted by Gasteiger charge is -2.26. The lowest BCUT2D eigenvalue weighted by Crippen LogP contribution is -2.54. The Morgan fingerprint density at radius 1 is 1.03 bits per heavy atom. The third-order valence-corrected chi connectivity index (χ3v) is 4.19. The Bertz CT molecular complexity index is 914. The zero-order chi connectivity index (χ0) is 24.6. The van der Waals surface area contributed by atoms with E-state index in [-0.39, 0.29) is 22.7 Å². The summed E-state index contributed by atoms with van der Waals surface area (Å²) >= 11 is 0. The van der Waals surface area contributed by atoms with Crippen LogP contribution in [-0.2, 0) is 19.1 Å². The Morgan fingerprint density at radius 3 is 2.16 bits per heavy atom. The van der Waals surface area contributed by atoms with Crippen LogP contribution in [0.4, 0.5) is 10.5 Å². The first-order chi connectivity index (χ1) is 14.8. The summed E-state index contributed by atoms with van der Waals surface area (Å²) in [7, 11) is 1.20. The number of nitriles is 1. The molecule has 0 aliphatic heterocycles. The van der Waals surface area contributed by atoms with Crippen molar-refractivity contribution in [1.29, 1.82) is 5.26 Å². The Kier molecular flexibility index (Phi) is 9.19. The molecule has 1 aromatic carbocycles. The van der Waals surface area contributed by atoms with Crippen LogP contribution >= 0.6 is 0 Å². The van der Waals surface area contributed by atoms with Crippen LogP contribution in [0.2, 0.25) is 0 Å². The molecule has 32 heavy (non-hydrogen) atoms. The SMILES string of the molecule is COC(=O)c1ccc(NC(=O)[C@H](C)NC(=O)[C@@H](NC(=O)OC(C)(C)C)C(C)C)cc1C#N. The Balaban J connectivity index is 2.83. The van der Waals surface area contributed by atoms with Crippen LogP contribution in [0, 0.1) is 17.2 Å². The number of ether oxygens (including phenoxy) is 2. The maximum atomic E-state index is 12.7. The van der Waals surface area contributed by atoms with Crippen molar-refractivity contribution in [3.63, 3.8) is 0 Å². The highest BCUT2D eigenvalue weighted by molar-refractivity contribution is 5.99. The standard InChI is InChI=1S/C22H30N4O6/c1-12(2)17(26-21(30)32-22(4,5)6)19(28)24-13(3)18(27)25-15-8-9-16(20(29)31-7)14(10-15)11-23/h8-10,12-13,17H,1-7H3,(H,24,28)(H,25,27)(H,26,30)/t13-,17-/m0/s1. The summed E-state index contributed by atoms with van der Waals surface area (Å²) in [5, 5.41) is 16.9. The van der Waals surface area contributed by atoms with Gasteiger partial charge in [-0.05, 0) is 51.8 Å². The van der Waals surface area contributed by atoms with Gasteiger partial charge in [-0.3, -0.25) is 9.59 Å². The van der Waals surface area contributed by atoms with E-state index < -0.39 is 41.6 Å². The molecule has 3 amide bonds. The van der Waals surface area contributed by atoms with Gasteiger partial charge >= 0.3 is 12.1 Å². The molecule has 174 valence electrons.